The van der Waals surface area contributed by atoms with Crippen molar-refractivity contribution in [2.45, 2.75) is 39.5 Å². The van der Waals surface area contributed by atoms with E-state index in [9.17, 15) is 0 Å². The highest BCUT2D eigenvalue weighted by Crippen LogP contribution is 2.17. The average Bonchev–Trinajstić information content (AvgIpc) is 2.36. The molecule has 2 atom stereocenters. The molecular formula is C13H22N4O. The van der Waals surface area contributed by atoms with E-state index in [4.69, 9.17) is 4.74 Å². The van der Waals surface area contributed by atoms with Crippen molar-refractivity contribution in [2.24, 2.45) is 0 Å². The van der Waals surface area contributed by atoms with Crippen molar-refractivity contribution in [2.75, 3.05) is 24.5 Å². The first-order valence-electron chi connectivity index (χ1n) is 6.62. The van der Waals surface area contributed by atoms with Crippen molar-refractivity contribution >= 4 is 5.82 Å². The van der Waals surface area contributed by atoms with Gasteiger partial charge in [0, 0.05) is 19.6 Å². The fraction of sp³-hybridized carbons (Fsp3) is 0.692. The van der Waals surface area contributed by atoms with E-state index < -0.39 is 0 Å². The lowest BCUT2D eigenvalue weighted by Crippen LogP contribution is -2.45. The molecule has 100 valence electrons. The molecule has 0 aliphatic carbocycles. The van der Waals surface area contributed by atoms with Crippen LogP contribution in [0.15, 0.2) is 12.1 Å². The number of nitrogens with zero attached hydrogens (tertiary/aromatic N) is 3. The lowest BCUT2D eigenvalue weighted by Gasteiger charge is -2.35. The predicted molar refractivity (Wildman–Crippen MR) is 71.6 cm³/mol. The average molecular weight is 250 g/mol. The molecule has 0 spiro atoms. The van der Waals surface area contributed by atoms with Crippen LogP contribution in [0.5, 0.6) is 0 Å². The highest BCUT2D eigenvalue weighted by molar-refractivity contribution is 5.38. The van der Waals surface area contributed by atoms with E-state index in [1.807, 2.05) is 12.1 Å². The molecule has 1 aliphatic heterocycles. The molecule has 1 aromatic rings. The molecule has 0 saturated carbocycles. The molecule has 0 radical (unpaired) electrons. The Morgan fingerprint density at radius 1 is 1.28 bits per heavy atom. The van der Waals surface area contributed by atoms with Crippen molar-refractivity contribution < 1.29 is 4.74 Å². The van der Waals surface area contributed by atoms with Crippen molar-refractivity contribution in [3.63, 3.8) is 0 Å². The molecule has 0 amide bonds. The lowest BCUT2D eigenvalue weighted by molar-refractivity contribution is -0.00550. The van der Waals surface area contributed by atoms with Gasteiger partial charge < -0.3 is 15.0 Å². The van der Waals surface area contributed by atoms with E-state index in [0.717, 1.165) is 37.7 Å². The largest absolute Gasteiger partial charge is 0.372 e. The van der Waals surface area contributed by atoms with Crippen LogP contribution in [0, 0.1) is 0 Å². The summed E-state index contributed by atoms with van der Waals surface area (Å²) in [5.41, 5.74) is 0.981. The number of ether oxygens (including phenoxy) is 1. The van der Waals surface area contributed by atoms with Crippen LogP contribution < -0.4 is 10.2 Å². The fourth-order valence-corrected chi connectivity index (χ4v) is 2.23. The third-order valence-corrected chi connectivity index (χ3v) is 3.01. The maximum absolute atomic E-state index is 5.71. The number of hydrogen-bond donors (Lipinski definition) is 1. The maximum Gasteiger partial charge on any atom is 0.151 e. The van der Waals surface area contributed by atoms with E-state index >= 15 is 0 Å². The van der Waals surface area contributed by atoms with Crippen molar-refractivity contribution in [1.29, 1.82) is 0 Å². The summed E-state index contributed by atoms with van der Waals surface area (Å²) in [6.07, 6.45) is 0.494. The van der Waals surface area contributed by atoms with Gasteiger partial charge in [-0.15, -0.1) is 5.10 Å². The first kappa shape index (κ1) is 13.2. The van der Waals surface area contributed by atoms with Gasteiger partial charge in [-0.25, -0.2) is 0 Å². The van der Waals surface area contributed by atoms with E-state index in [0.29, 0.717) is 0 Å². The molecule has 0 aromatic carbocycles. The van der Waals surface area contributed by atoms with Crippen LogP contribution in [-0.2, 0) is 11.3 Å². The van der Waals surface area contributed by atoms with Gasteiger partial charge in [-0.2, -0.15) is 5.10 Å². The van der Waals surface area contributed by atoms with Gasteiger partial charge in [0.25, 0.3) is 0 Å². The SMILES string of the molecule is CCNCc1ccc(N2C[C@@H](C)O[C@@H](C)C2)nn1. The quantitative estimate of drug-likeness (QED) is 0.870. The Labute approximate surface area is 109 Å². The van der Waals surface area contributed by atoms with Crippen molar-refractivity contribution in [3.8, 4) is 0 Å². The Morgan fingerprint density at radius 3 is 2.56 bits per heavy atom. The molecular weight excluding hydrogens is 228 g/mol. The third kappa shape index (κ3) is 3.40. The predicted octanol–water partition coefficient (Wildman–Crippen LogP) is 1.20. The number of morpholine rings is 1. The second-order valence-electron chi connectivity index (χ2n) is 4.83. The second-order valence-corrected chi connectivity index (χ2v) is 4.83. The Morgan fingerprint density at radius 2 is 2.00 bits per heavy atom. The van der Waals surface area contributed by atoms with Crippen molar-refractivity contribution in [1.82, 2.24) is 15.5 Å². The van der Waals surface area contributed by atoms with Crippen LogP contribution in [0.2, 0.25) is 0 Å². The van der Waals surface area contributed by atoms with Gasteiger partial charge in [0.15, 0.2) is 5.82 Å². The van der Waals surface area contributed by atoms with Crippen LogP contribution in [-0.4, -0.2) is 42.0 Å². The Bertz CT molecular complexity index is 358. The first-order chi connectivity index (χ1) is 8.69. The summed E-state index contributed by atoms with van der Waals surface area (Å²) in [7, 11) is 0. The molecule has 1 N–H and O–H groups in total. The molecule has 5 nitrogen and oxygen atoms in total. The first-order valence-corrected chi connectivity index (χ1v) is 6.62. The number of hydrogen-bond acceptors (Lipinski definition) is 5. The lowest BCUT2D eigenvalue weighted by atomic mass is 10.2. The number of rotatable bonds is 4. The van der Waals surface area contributed by atoms with Gasteiger partial charge in [0.1, 0.15) is 0 Å². The van der Waals surface area contributed by atoms with Gasteiger partial charge in [-0.05, 0) is 32.5 Å². The van der Waals surface area contributed by atoms with Crippen LogP contribution >= 0.6 is 0 Å². The summed E-state index contributed by atoms with van der Waals surface area (Å²) in [6, 6.07) is 4.08. The summed E-state index contributed by atoms with van der Waals surface area (Å²) in [5.74, 6) is 0.942. The van der Waals surface area contributed by atoms with E-state index in [-0.39, 0.29) is 12.2 Å². The minimum atomic E-state index is 0.247. The topological polar surface area (TPSA) is 50.3 Å². The van der Waals surface area contributed by atoms with Gasteiger partial charge in [-0.3, -0.25) is 0 Å². The molecule has 1 aromatic heterocycles. The van der Waals surface area contributed by atoms with E-state index in [1.165, 1.54) is 0 Å². The van der Waals surface area contributed by atoms with Crippen molar-refractivity contribution in [3.05, 3.63) is 17.8 Å². The molecule has 1 saturated heterocycles. The third-order valence-electron chi connectivity index (χ3n) is 3.01. The Kier molecular flexibility index (Phi) is 4.49. The summed E-state index contributed by atoms with van der Waals surface area (Å²) >= 11 is 0. The summed E-state index contributed by atoms with van der Waals surface area (Å²) < 4.78 is 5.71. The molecule has 18 heavy (non-hydrogen) atoms. The molecule has 5 heteroatoms. The number of nitrogens with one attached hydrogen (secondary N) is 1. The normalized spacial score (nSPS) is 24.3. The smallest absolute Gasteiger partial charge is 0.151 e. The van der Waals surface area contributed by atoms with Gasteiger partial charge in [0.05, 0.1) is 17.9 Å². The molecule has 0 unspecified atom stereocenters. The zero-order chi connectivity index (χ0) is 13.0. The molecule has 1 aliphatic rings. The summed E-state index contributed by atoms with van der Waals surface area (Å²) in [5, 5.41) is 11.8. The molecule has 1 fully saturated rings. The molecule has 0 bridgehead atoms. The zero-order valence-corrected chi connectivity index (χ0v) is 11.4. The zero-order valence-electron chi connectivity index (χ0n) is 11.4. The maximum atomic E-state index is 5.71. The highest BCUT2D eigenvalue weighted by Gasteiger charge is 2.23. The molecule has 2 rings (SSSR count). The minimum Gasteiger partial charge on any atom is -0.372 e. The summed E-state index contributed by atoms with van der Waals surface area (Å²) in [4.78, 5) is 2.24. The minimum absolute atomic E-state index is 0.247. The highest BCUT2D eigenvalue weighted by atomic mass is 16.5. The summed E-state index contributed by atoms with van der Waals surface area (Å²) in [6.45, 7) is 9.75. The van der Waals surface area contributed by atoms with Gasteiger partial charge in [-0.1, -0.05) is 6.92 Å². The van der Waals surface area contributed by atoms with Crippen LogP contribution in [0.25, 0.3) is 0 Å². The Hall–Kier alpha value is -1.20. The van der Waals surface area contributed by atoms with Crippen LogP contribution in [0.4, 0.5) is 5.82 Å². The Balaban J connectivity index is 2.00. The van der Waals surface area contributed by atoms with Gasteiger partial charge in [0.2, 0.25) is 0 Å². The van der Waals surface area contributed by atoms with Crippen LogP contribution in [0.1, 0.15) is 26.5 Å². The fourth-order valence-electron chi connectivity index (χ4n) is 2.23. The van der Waals surface area contributed by atoms with Gasteiger partial charge >= 0.3 is 0 Å². The number of anilines is 1. The van der Waals surface area contributed by atoms with E-state index in [1.54, 1.807) is 0 Å². The van der Waals surface area contributed by atoms with Crippen LogP contribution in [0.3, 0.4) is 0 Å². The molecule has 2 heterocycles. The second kappa shape index (κ2) is 6.11. The monoisotopic (exact) mass is 250 g/mol. The van der Waals surface area contributed by atoms with E-state index in [2.05, 4.69) is 41.2 Å². The standard InChI is InChI=1S/C13H22N4O/c1-4-14-7-12-5-6-13(16-15-12)17-8-10(2)18-11(3)9-17/h5-6,10-11,14H,4,7-9H2,1-3H3/t10-,11+. The number of aromatic nitrogens is 2.